The number of carbonyl (C=O) groups excluding carboxylic acids is 2. The van der Waals surface area contributed by atoms with Crippen LogP contribution in [0.4, 0.5) is 5.69 Å². The van der Waals surface area contributed by atoms with Crippen molar-refractivity contribution >= 4 is 17.6 Å². The third-order valence-electron chi connectivity index (χ3n) is 4.07. The van der Waals surface area contributed by atoms with Gasteiger partial charge in [0.2, 0.25) is 0 Å². The van der Waals surface area contributed by atoms with Gasteiger partial charge in [-0.25, -0.2) is 4.79 Å². The smallest absolute Gasteiger partial charge is 0.338 e. The molecule has 0 radical (unpaired) electrons. The number of ether oxygens (including phenoxy) is 1. The molecular weight excluding hydrogens is 326 g/mol. The Balaban J connectivity index is 1.72. The Bertz CT molecular complexity index is 902. The second-order valence-electron chi connectivity index (χ2n) is 5.84. The highest BCUT2D eigenvalue weighted by Gasteiger charge is 2.12. The summed E-state index contributed by atoms with van der Waals surface area (Å²) in [5.41, 5.74) is 3.80. The van der Waals surface area contributed by atoms with E-state index in [1.54, 1.807) is 18.2 Å². The van der Waals surface area contributed by atoms with Crippen LogP contribution in [0.2, 0.25) is 0 Å². The first-order valence-corrected chi connectivity index (χ1v) is 8.29. The van der Waals surface area contributed by atoms with Crippen molar-refractivity contribution in [2.75, 3.05) is 12.4 Å². The van der Waals surface area contributed by atoms with Crippen LogP contribution in [0.1, 0.15) is 31.8 Å². The fourth-order valence-electron chi connectivity index (χ4n) is 2.70. The average molecular weight is 345 g/mol. The predicted molar refractivity (Wildman–Crippen MR) is 101 cm³/mol. The van der Waals surface area contributed by atoms with Crippen LogP contribution in [-0.4, -0.2) is 19.0 Å². The first-order valence-electron chi connectivity index (χ1n) is 8.29. The normalized spacial score (nSPS) is 10.2. The van der Waals surface area contributed by atoms with Gasteiger partial charge in [0.25, 0.3) is 5.91 Å². The number of esters is 1. The standard InChI is InChI=1S/C22H19NO3/c1-26-22(25)20-10-6-5-7-18(20)15-16-11-13-17(14-12-16)21(24)23-19-8-3-2-4-9-19/h2-14H,15H2,1H3,(H,23,24). The minimum atomic E-state index is -0.348. The van der Waals surface area contributed by atoms with E-state index < -0.39 is 0 Å². The number of nitrogens with one attached hydrogen (secondary N) is 1. The molecule has 4 heteroatoms. The van der Waals surface area contributed by atoms with Gasteiger partial charge in [0.05, 0.1) is 12.7 Å². The summed E-state index contributed by atoms with van der Waals surface area (Å²) in [6, 6.07) is 24.1. The maximum atomic E-state index is 12.3. The molecule has 0 fully saturated rings. The van der Waals surface area contributed by atoms with E-state index in [1.807, 2.05) is 60.7 Å². The molecule has 130 valence electrons. The van der Waals surface area contributed by atoms with Crippen molar-refractivity contribution in [2.45, 2.75) is 6.42 Å². The van der Waals surface area contributed by atoms with Gasteiger partial charge in [0.15, 0.2) is 0 Å². The van der Waals surface area contributed by atoms with E-state index in [9.17, 15) is 9.59 Å². The van der Waals surface area contributed by atoms with Gasteiger partial charge in [0.1, 0.15) is 0 Å². The lowest BCUT2D eigenvalue weighted by Gasteiger charge is -2.09. The number of amides is 1. The van der Waals surface area contributed by atoms with Gasteiger partial charge >= 0.3 is 5.97 Å². The van der Waals surface area contributed by atoms with E-state index >= 15 is 0 Å². The van der Waals surface area contributed by atoms with Gasteiger partial charge in [-0.15, -0.1) is 0 Å². The molecule has 0 atom stereocenters. The molecule has 1 amide bonds. The van der Waals surface area contributed by atoms with Crippen LogP contribution < -0.4 is 5.32 Å². The number of carbonyl (C=O) groups is 2. The highest BCUT2D eigenvalue weighted by molar-refractivity contribution is 6.04. The number of rotatable bonds is 5. The van der Waals surface area contributed by atoms with Crippen LogP contribution in [0, 0.1) is 0 Å². The lowest BCUT2D eigenvalue weighted by atomic mass is 9.99. The monoisotopic (exact) mass is 345 g/mol. The Kier molecular flexibility index (Phi) is 5.44. The molecule has 0 aliphatic rings. The van der Waals surface area contributed by atoms with Crippen molar-refractivity contribution in [2.24, 2.45) is 0 Å². The molecule has 0 heterocycles. The molecule has 3 aromatic carbocycles. The van der Waals surface area contributed by atoms with Gasteiger partial charge in [-0.3, -0.25) is 4.79 Å². The Morgan fingerprint density at radius 2 is 1.50 bits per heavy atom. The lowest BCUT2D eigenvalue weighted by molar-refractivity contribution is 0.0599. The zero-order chi connectivity index (χ0) is 18.4. The summed E-state index contributed by atoms with van der Waals surface area (Å²) >= 11 is 0. The van der Waals surface area contributed by atoms with Gasteiger partial charge in [-0.05, 0) is 47.9 Å². The molecular formula is C22H19NO3. The van der Waals surface area contributed by atoms with Crippen LogP contribution in [0.25, 0.3) is 0 Å². The quantitative estimate of drug-likeness (QED) is 0.701. The molecule has 3 aromatic rings. The second kappa shape index (κ2) is 8.12. The molecule has 0 saturated heterocycles. The van der Waals surface area contributed by atoms with Crippen molar-refractivity contribution in [3.05, 3.63) is 101 Å². The Labute approximate surface area is 152 Å². The Morgan fingerprint density at radius 3 is 2.19 bits per heavy atom. The minimum absolute atomic E-state index is 0.155. The van der Waals surface area contributed by atoms with Crippen molar-refractivity contribution in [3.8, 4) is 0 Å². The Hall–Kier alpha value is -3.40. The number of hydrogen-bond acceptors (Lipinski definition) is 3. The summed E-state index contributed by atoms with van der Waals surface area (Å²) in [6.45, 7) is 0. The molecule has 26 heavy (non-hydrogen) atoms. The van der Waals surface area contributed by atoms with Gasteiger partial charge < -0.3 is 10.1 Å². The van der Waals surface area contributed by atoms with Crippen molar-refractivity contribution in [1.82, 2.24) is 0 Å². The first-order chi connectivity index (χ1) is 12.7. The average Bonchev–Trinajstić information content (AvgIpc) is 2.69. The highest BCUT2D eigenvalue weighted by Crippen LogP contribution is 2.17. The van der Waals surface area contributed by atoms with E-state index in [1.165, 1.54) is 7.11 Å². The van der Waals surface area contributed by atoms with E-state index in [-0.39, 0.29) is 11.9 Å². The third-order valence-corrected chi connectivity index (χ3v) is 4.07. The molecule has 0 aromatic heterocycles. The van der Waals surface area contributed by atoms with Crippen LogP contribution in [0.3, 0.4) is 0 Å². The summed E-state index contributed by atoms with van der Waals surface area (Å²) in [5, 5.41) is 2.86. The topological polar surface area (TPSA) is 55.4 Å². The van der Waals surface area contributed by atoms with Gasteiger partial charge in [-0.1, -0.05) is 48.5 Å². The number of para-hydroxylation sites is 1. The molecule has 0 aliphatic heterocycles. The number of hydrogen-bond donors (Lipinski definition) is 1. The number of anilines is 1. The molecule has 0 saturated carbocycles. The molecule has 0 spiro atoms. The van der Waals surface area contributed by atoms with Crippen LogP contribution >= 0.6 is 0 Å². The number of methoxy groups -OCH3 is 1. The predicted octanol–water partition coefficient (Wildman–Crippen LogP) is 4.32. The van der Waals surface area contributed by atoms with E-state index in [0.717, 1.165) is 16.8 Å². The van der Waals surface area contributed by atoms with Gasteiger partial charge in [-0.2, -0.15) is 0 Å². The summed E-state index contributed by atoms with van der Waals surface area (Å²) in [7, 11) is 1.37. The van der Waals surface area contributed by atoms with Gasteiger partial charge in [0, 0.05) is 11.3 Å². The van der Waals surface area contributed by atoms with Crippen LogP contribution in [-0.2, 0) is 11.2 Å². The van der Waals surface area contributed by atoms with Crippen molar-refractivity contribution < 1.29 is 14.3 Å². The highest BCUT2D eigenvalue weighted by atomic mass is 16.5. The lowest BCUT2D eigenvalue weighted by Crippen LogP contribution is -2.11. The SMILES string of the molecule is COC(=O)c1ccccc1Cc1ccc(C(=O)Nc2ccccc2)cc1. The maximum Gasteiger partial charge on any atom is 0.338 e. The maximum absolute atomic E-state index is 12.3. The molecule has 1 N–H and O–H groups in total. The zero-order valence-electron chi connectivity index (χ0n) is 14.4. The minimum Gasteiger partial charge on any atom is -0.465 e. The van der Waals surface area contributed by atoms with Crippen LogP contribution in [0.5, 0.6) is 0 Å². The third kappa shape index (κ3) is 4.16. The fraction of sp³-hybridized carbons (Fsp3) is 0.0909. The molecule has 0 bridgehead atoms. The molecule has 3 rings (SSSR count). The second-order valence-corrected chi connectivity index (χ2v) is 5.84. The van der Waals surface area contributed by atoms with Crippen molar-refractivity contribution in [1.29, 1.82) is 0 Å². The Morgan fingerprint density at radius 1 is 0.846 bits per heavy atom. The van der Waals surface area contributed by atoms with E-state index in [2.05, 4.69) is 5.32 Å². The zero-order valence-corrected chi connectivity index (χ0v) is 14.4. The van der Waals surface area contributed by atoms with Crippen LogP contribution in [0.15, 0.2) is 78.9 Å². The summed E-state index contributed by atoms with van der Waals surface area (Å²) in [6.07, 6.45) is 0.589. The first kappa shape index (κ1) is 17.4. The molecule has 0 aliphatic carbocycles. The summed E-state index contributed by atoms with van der Waals surface area (Å²) in [5.74, 6) is -0.503. The summed E-state index contributed by atoms with van der Waals surface area (Å²) < 4.78 is 4.83. The fourth-order valence-corrected chi connectivity index (χ4v) is 2.70. The van der Waals surface area contributed by atoms with E-state index in [4.69, 9.17) is 4.74 Å². The van der Waals surface area contributed by atoms with Crippen molar-refractivity contribution in [3.63, 3.8) is 0 Å². The molecule has 0 unspecified atom stereocenters. The number of benzene rings is 3. The summed E-state index contributed by atoms with van der Waals surface area (Å²) in [4.78, 5) is 24.2. The molecule has 4 nitrogen and oxygen atoms in total. The van der Waals surface area contributed by atoms with E-state index in [0.29, 0.717) is 17.5 Å². The largest absolute Gasteiger partial charge is 0.465 e.